The average Bonchev–Trinajstić information content (AvgIpc) is 2.96. The average molecular weight is 679 g/mol. The number of anilines is 1. The fourth-order valence-corrected chi connectivity index (χ4v) is 5.15. The van der Waals surface area contributed by atoms with Crippen LogP contribution in [-0.2, 0) is 19.6 Å². The van der Waals surface area contributed by atoms with E-state index < -0.39 is 34.2 Å². The van der Waals surface area contributed by atoms with Gasteiger partial charge in [0.1, 0.15) is 12.3 Å². The number of quaternary nitrogens is 1. The molecule has 0 aliphatic heterocycles. The van der Waals surface area contributed by atoms with Crippen molar-refractivity contribution in [3.63, 3.8) is 0 Å². The van der Waals surface area contributed by atoms with E-state index in [2.05, 4.69) is 26.5 Å². The zero-order chi connectivity index (χ0) is 33.9. The lowest BCUT2D eigenvalue weighted by molar-refractivity contribution is -0.870. The number of aryl methyl sites for hydroxylation is 1. The molecule has 0 aromatic heterocycles. The van der Waals surface area contributed by atoms with Gasteiger partial charge >= 0.3 is 0 Å². The Morgan fingerprint density at radius 1 is 0.978 bits per heavy atom. The molecular formula is C31H35Cl2N4O7S+. The monoisotopic (exact) mass is 677 g/mol. The fourth-order valence-electron chi connectivity index (χ4n) is 3.60. The summed E-state index contributed by atoms with van der Waals surface area (Å²) in [6.45, 7) is 3.76. The predicted octanol–water partition coefficient (Wildman–Crippen LogP) is 4.32. The summed E-state index contributed by atoms with van der Waals surface area (Å²) < 4.78 is 33.0. The summed E-state index contributed by atoms with van der Waals surface area (Å²) in [6.07, 6.45) is 0.00723. The number of halogens is 2. The molecule has 0 radical (unpaired) electrons. The van der Waals surface area contributed by atoms with Gasteiger partial charge in [0, 0.05) is 27.7 Å². The molecule has 45 heavy (non-hydrogen) atoms. The van der Waals surface area contributed by atoms with Crippen LogP contribution in [-0.4, -0.2) is 76.5 Å². The van der Waals surface area contributed by atoms with Crippen LogP contribution in [0.1, 0.15) is 40.4 Å². The molecule has 0 aliphatic rings. The Balaban J connectivity index is 0.000000900. The van der Waals surface area contributed by atoms with Crippen LogP contribution in [0.5, 0.6) is 5.75 Å². The molecule has 3 aromatic carbocycles. The number of likely N-dealkylation sites (N-methyl/N-ethyl adjacent to an activating group) is 1. The van der Waals surface area contributed by atoms with E-state index in [1.807, 2.05) is 10.8 Å². The number of amides is 2. The Hall–Kier alpha value is -3.99. The van der Waals surface area contributed by atoms with Gasteiger partial charge in [-0.3, -0.25) is 14.4 Å². The summed E-state index contributed by atoms with van der Waals surface area (Å²) in [4.78, 5) is 37.1. The highest BCUT2D eigenvalue weighted by Crippen LogP contribution is 2.27. The van der Waals surface area contributed by atoms with Gasteiger partial charge in [0.15, 0.2) is 12.4 Å². The molecule has 3 N–H and O–H groups in total. The zero-order valence-corrected chi connectivity index (χ0v) is 27.8. The Kier molecular flexibility index (Phi) is 13.5. The molecule has 0 spiro atoms. The number of nitriles is 1. The smallest absolute Gasteiger partial charge is 0.264 e. The number of nitrogens with zero attached hydrogens (tertiary/aromatic N) is 2. The van der Waals surface area contributed by atoms with Gasteiger partial charge < -0.3 is 19.6 Å². The van der Waals surface area contributed by atoms with Crippen LogP contribution < -0.4 is 14.8 Å². The largest absolute Gasteiger partial charge is 0.483 e. The molecule has 0 aliphatic carbocycles. The summed E-state index contributed by atoms with van der Waals surface area (Å²) in [5, 5.41) is 20.6. The molecule has 14 heteroatoms. The lowest BCUT2D eigenvalue weighted by Gasteiger charge is -2.21. The second-order valence-electron chi connectivity index (χ2n) is 10.7. The fraction of sp³-hybridized carbons (Fsp3) is 0.290. The van der Waals surface area contributed by atoms with E-state index in [9.17, 15) is 22.8 Å². The van der Waals surface area contributed by atoms with Crippen LogP contribution in [0, 0.1) is 18.3 Å². The van der Waals surface area contributed by atoms with E-state index in [0.29, 0.717) is 11.3 Å². The number of hydrogen-bond acceptors (Lipinski definition) is 8. The third-order valence-electron chi connectivity index (χ3n) is 5.96. The van der Waals surface area contributed by atoms with Crippen molar-refractivity contribution in [3.8, 4) is 11.8 Å². The molecule has 0 bridgehead atoms. The van der Waals surface area contributed by atoms with E-state index in [1.165, 1.54) is 61.5 Å². The van der Waals surface area contributed by atoms with Crippen LogP contribution >= 0.6 is 23.2 Å². The van der Waals surface area contributed by atoms with E-state index in [4.69, 9.17) is 38.3 Å². The van der Waals surface area contributed by atoms with Crippen molar-refractivity contribution in [1.82, 2.24) is 4.72 Å². The minimum atomic E-state index is -4.04. The maximum absolute atomic E-state index is 13.1. The first-order valence-electron chi connectivity index (χ1n) is 13.5. The number of benzene rings is 3. The van der Waals surface area contributed by atoms with Crippen molar-refractivity contribution in [2.45, 2.75) is 25.2 Å². The van der Waals surface area contributed by atoms with E-state index in [-0.39, 0.29) is 50.4 Å². The number of hydrogen-bond donors (Lipinski definition) is 3. The van der Waals surface area contributed by atoms with Crippen molar-refractivity contribution >= 4 is 56.5 Å². The topological polar surface area (TPSA) is 163 Å². The summed E-state index contributed by atoms with van der Waals surface area (Å²) in [7, 11) is 2.12. The number of ether oxygens (including phenoxy) is 1. The SMILES string of the molecule is CCC(=O)NS(=O)(=O)c1ccc(NC(=O)COc2ccc(Cl)cc2C(=O)c2cc(Cl)cc(C#N)c2)c(C)c1.C[N+](C)(C)CCO. The van der Waals surface area contributed by atoms with Gasteiger partial charge in [-0.1, -0.05) is 30.1 Å². The number of aliphatic hydroxyl groups is 1. The van der Waals surface area contributed by atoms with E-state index in [0.717, 1.165) is 11.0 Å². The second kappa shape index (κ2) is 16.4. The summed E-state index contributed by atoms with van der Waals surface area (Å²) in [5.74, 6) is -1.65. The molecule has 0 fully saturated rings. The van der Waals surface area contributed by atoms with Crippen molar-refractivity contribution in [3.05, 3.63) is 86.9 Å². The van der Waals surface area contributed by atoms with Crippen molar-refractivity contribution in [2.24, 2.45) is 0 Å². The van der Waals surface area contributed by atoms with Crippen LogP contribution in [0.4, 0.5) is 5.69 Å². The van der Waals surface area contributed by atoms with Crippen molar-refractivity contribution in [1.29, 1.82) is 5.26 Å². The molecule has 0 saturated carbocycles. The first-order chi connectivity index (χ1) is 21.0. The summed E-state index contributed by atoms with van der Waals surface area (Å²) in [6, 6.07) is 14.4. The standard InChI is InChI=1S/C26H21Cl2N3O6S.C5H14NO/c1-3-24(32)31-38(35,36)20-5-6-22(15(2)8-20)30-25(33)14-37-23-7-4-18(27)12-21(23)26(34)17-9-16(13-29)10-19(28)11-17;1-6(2,3)4-5-7/h4-12H,3,14H2,1-2H3,(H,30,33)(H,31,32);7H,4-5H2,1-3H3/q;+1. The predicted molar refractivity (Wildman–Crippen MR) is 172 cm³/mol. The van der Waals surface area contributed by atoms with Gasteiger partial charge in [-0.15, -0.1) is 0 Å². The second-order valence-corrected chi connectivity index (χ2v) is 13.3. The molecule has 11 nitrogen and oxygen atoms in total. The first-order valence-corrected chi connectivity index (χ1v) is 15.8. The molecule has 0 atom stereocenters. The minimum Gasteiger partial charge on any atom is -0.483 e. The third kappa shape index (κ3) is 11.8. The molecule has 2 amide bonds. The van der Waals surface area contributed by atoms with E-state index in [1.54, 1.807) is 6.92 Å². The van der Waals surface area contributed by atoms with Gasteiger partial charge in [-0.25, -0.2) is 13.1 Å². The normalized spacial score (nSPS) is 11.0. The number of aliphatic hydroxyl groups excluding tert-OH is 1. The number of carbonyl (C=O) groups is 3. The molecule has 240 valence electrons. The van der Waals surface area contributed by atoms with Crippen LogP contribution in [0.2, 0.25) is 10.0 Å². The van der Waals surface area contributed by atoms with Crippen LogP contribution in [0.15, 0.2) is 59.5 Å². The summed E-state index contributed by atoms with van der Waals surface area (Å²) >= 11 is 12.1. The van der Waals surface area contributed by atoms with Gasteiger partial charge in [0.2, 0.25) is 5.91 Å². The van der Waals surface area contributed by atoms with Gasteiger partial charge in [-0.2, -0.15) is 5.26 Å². The molecule has 3 aromatic rings. The Morgan fingerprint density at radius 2 is 1.67 bits per heavy atom. The highest BCUT2D eigenvalue weighted by Gasteiger charge is 2.20. The first kappa shape index (κ1) is 37.2. The number of nitrogens with one attached hydrogen (secondary N) is 2. The Bertz CT molecular complexity index is 1720. The third-order valence-corrected chi connectivity index (χ3v) is 7.78. The molecule has 0 unspecified atom stereocenters. The highest BCUT2D eigenvalue weighted by molar-refractivity contribution is 7.90. The van der Waals surface area contributed by atoms with Gasteiger partial charge in [0.05, 0.1) is 49.8 Å². The number of rotatable bonds is 11. The maximum atomic E-state index is 13.1. The number of ketones is 1. The molecular weight excluding hydrogens is 643 g/mol. The summed E-state index contributed by atoms with van der Waals surface area (Å²) in [5.41, 5.74) is 1.17. The van der Waals surface area contributed by atoms with Gasteiger partial charge in [-0.05, 0) is 67.1 Å². The quantitative estimate of drug-likeness (QED) is 0.200. The zero-order valence-electron chi connectivity index (χ0n) is 25.5. The van der Waals surface area contributed by atoms with Crippen molar-refractivity contribution in [2.75, 3.05) is 46.2 Å². The Labute approximate surface area is 273 Å². The number of sulfonamides is 1. The maximum Gasteiger partial charge on any atom is 0.264 e. The molecule has 3 rings (SSSR count). The van der Waals surface area contributed by atoms with Crippen LogP contribution in [0.25, 0.3) is 0 Å². The molecule has 0 heterocycles. The highest BCUT2D eigenvalue weighted by atomic mass is 35.5. The molecule has 0 saturated heterocycles. The Morgan fingerprint density at radius 3 is 2.22 bits per heavy atom. The van der Waals surface area contributed by atoms with Crippen molar-refractivity contribution < 1.29 is 37.1 Å². The number of carbonyl (C=O) groups excluding carboxylic acids is 3. The minimum absolute atomic E-state index is 0.00723. The van der Waals surface area contributed by atoms with Crippen LogP contribution in [0.3, 0.4) is 0 Å². The van der Waals surface area contributed by atoms with Gasteiger partial charge in [0.25, 0.3) is 15.9 Å². The lowest BCUT2D eigenvalue weighted by Crippen LogP contribution is -2.36. The lowest BCUT2D eigenvalue weighted by atomic mass is 10.0. The van der Waals surface area contributed by atoms with E-state index >= 15 is 0 Å².